The summed E-state index contributed by atoms with van der Waals surface area (Å²) in [7, 11) is 1.64. The van der Waals surface area contributed by atoms with Crippen molar-refractivity contribution in [1.29, 1.82) is 0 Å². The summed E-state index contributed by atoms with van der Waals surface area (Å²) in [6.45, 7) is 11.6. The van der Waals surface area contributed by atoms with E-state index in [-0.39, 0.29) is 36.5 Å². The molecule has 0 saturated carbocycles. The van der Waals surface area contributed by atoms with Crippen LogP contribution >= 0.6 is 24.0 Å². The minimum atomic E-state index is -0.536. The minimum Gasteiger partial charge on any atom is -0.459 e. The first-order valence-corrected chi connectivity index (χ1v) is 9.63. The van der Waals surface area contributed by atoms with Gasteiger partial charge >= 0.3 is 12.1 Å². The summed E-state index contributed by atoms with van der Waals surface area (Å²) in [5, 5.41) is 8.78. The van der Waals surface area contributed by atoms with Gasteiger partial charge in [-0.05, 0) is 65.7 Å². The maximum absolute atomic E-state index is 11.8. The monoisotopic (exact) mass is 534 g/mol. The van der Waals surface area contributed by atoms with E-state index >= 15 is 0 Å². The Morgan fingerprint density at radius 1 is 0.933 bits per heavy atom. The third-order valence-electron chi connectivity index (χ3n) is 3.35. The second kappa shape index (κ2) is 12.6. The molecule has 1 amide bonds. The lowest BCUT2D eigenvalue weighted by molar-refractivity contribution is -0.153. The third kappa shape index (κ3) is 13.2. The van der Waals surface area contributed by atoms with E-state index in [1.807, 2.05) is 65.8 Å². The number of esters is 1. The van der Waals surface area contributed by atoms with Crippen LogP contribution in [0.2, 0.25) is 0 Å². The zero-order valence-electron chi connectivity index (χ0n) is 18.9. The summed E-state index contributed by atoms with van der Waals surface area (Å²) >= 11 is 0. The fourth-order valence-corrected chi connectivity index (χ4v) is 2.26. The molecule has 0 aliphatic carbocycles. The van der Waals surface area contributed by atoms with Crippen molar-refractivity contribution >= 4 is 47.7 Å². The van der Waals surface area contributed by atoms with Gasteiger partial charge in [0.25, 0.3) is 0 Å². The molecule has 0 heterocycles. The van der Waals surface area contributed by atoms with E-state index in [1.165, 1.54) is 0 Å². The van der Waals surface area contributed by atoms with Crippen LogP contribution in [0.5, 0.6) is 0 Å². The molecule has 0 atom stereocenters. The minimum absolute atomic E-state index is 0. The molecule has 0 aliphatic heterocycles. The predicted molar refractivity (Wildman–Crippen MR) is 131 cm³/mol. The van der Waals surface area contributed by atoms with Crippen LogP contribution in [0.1, 0.15) is 47.1 Å². The molecule has 0 bridgehead atoms. The number of nitrogens with one attached hydrogen (secondary N) is 3. The molecule has 1 aromatic rings. The number of hydrogen-bond acceptors (Lipinski definition) is 5. The number of carbonyl (C=O) groups is 2. The van der Waals surface area contributed by atoms with Crippen LogP contribution in [-0.2, 0) is 20.7 Å². The van der Waals surface area contributed by atoms with Crippen LogP contribution in [0, 0.1) is 0 Å². The number of carbonyl (C=O) groups excluding carboxylic acids is 2. The van der Waals surface area contributed by atoms with Crippen LogP contribution in [-0.4, -0.2) is 49.4 Å². The van der Waals surface area contributed by atoms with Gasteiger partial charge in [0, 0.05) is 19.3 Å². The molecule has 0 aromatic heterocycles. The SMILES string of the molecule is CN=C(NCCc1ccc(NC(=O)OC(C)(C)C)cc1)NCC(=O)OC(C)(C)C.I. The Kier molecular flexibility index (Phi) is 11.8. The molecule has 30 heavy (non-hydrogen) atoms. The maximum atomic E-state index is 11.8. The summed E-state index contributed by atoms with van der Waals surface area (Å²) in [4.78, 5) is 27.6. The van der Waals surface area contributed by atoms with Crippen molar-refractivity contribution in [2.24, 2.45) is 4.99 Å². The van der Waals surface area contributed by atoms with Gasteiger partial charge in [-0.2, -0.15) is 0 Å². The van der Waals surface area contributed by atoms with E-state index < -0.39 is 17.3 Å². The van der Waals surface area contributed by atoms with Gasteiger partial charge in [-0.25, -0.2) is 4.79 Å². The van der Waals surface area contributed by atoms with E-state index in [0.29, 0.717) is 18.2 Å². The molecule has 0 unspecified atom stereocenters. The maximum Gasteiger partial charge on any atom is 0.412 e. The number of benzene rings is 1. The van der Waals surface area contributed by atoms with Gasteiger partial charge in [0.15, 0.2) is 5.96 Å². The normalized spacial score (nSPS) is 11.8. The van der Waals surface area contributed by atoms with Crippen molar-refractivity contribution in [2.45, 2.75) is 59.2 Å². The summed E-state index contributed by atoms with van der Waals surface area (Å²) in [5.74, 6) is 0.188. The number of nitrogens with zero attached hydrogens (tertiary/aromatic N) is 1. The topological polar surface area (TPSA) is 101 Å². The lowest BCUT2D eigenvalue weighted by atomic mass is 10.1. The van der Waals surface area contributed by atoms with Crippen molar-refractivity contribution in [2.75, 3.05) is 25.5 Å². The van der Waals surface area contributed by atoms with Crippen molar-refractivity contribution < 1.29 is 19.1 Å². The molecule has 9 heteroatoms. The lowest BCUT2D eigenvalue weighted by Gasteiger charge is -2.20. The van der Waals surface area contributed by atoms with Gasteiger partial charge in [-0.1, -0.05) is 12.1 Å². The molecule has 0 saturated heterocycles. The van der Waals surface area contributed by atoms with E-state index in [9.17, 15) is 9.59 Å². The lowest BCUT2D eigenvalue weighted by Crippen LogP contribution is -2.42. The number of guanidine groups is 1. The summed E-state index contributed by atoms with van der Waals surface area (Å²) in [6, 6.07) is 7.53. The summed E-state index contributed by atoms with van der Waals surface area (Å²) < 4.78 is 10.5. The molecular weight excluding hydrogens is 499 g/mol. The number of rotatable bonds is 6. The molecule has 1 rings (SSSR count). The highest BCUT2D eigenvalue weighted by Gasteiger charge is 2.17. The predicted octanol–water partition coefficient (Wildman–Crippen LogP) is 3.70. The largest absolute Gasteiger partial charge is 0.459 e. The van der Waals surface area contributed by atoms with E-state index in [2.05, 4.69) is 20.9 Å². The van der Waals surface area contributed by atoms with Crippen molar-refractivity contribution in [3.8, 4) is 0 Å². The molecule has 3 N–H and O–H groups in total. The highest BCUT2D eigenvalue weighted by molar-refractivity contribution is 14.0. The van der Waals surface area contributed by atoms with Gasteiger partial charge in [0.05, 0.1) is 0 Å². The number of amides is 1. The average Bonchev–Trinajstić information content (AvgIpc) is 2.56. The second-order valence-electron chi connectivity index (χ2n) is 8.51. The molecule has 0 fully saturated rings. The second-order valence-corrected chi connectivity index (χ2v) is 8.51. The van der Waals surface area contributed by atoms with E-state index in [4.69, 9.17) is 9.47 Å². The van der Waals surface area contributed by atoms with E-state index in [0.717, 1.165) is 12.0 Å². The zero-order valence-corrected chi connectivity index (χ0v) is 21.2. The highest BCUT2D eigenvalue weighted by atomic mass is 127. The third-order valence-corrected chi connectivity index (χ3v) is 3.35. The highest BCUT2D eigenvalue weighted by Crippen LogP contribution is 2.13. The summed E-state index contributed by atoms with van der Waals surface area (Å²) in [6.07, 6.45) is 0.270. The molecule has 0 spiro atoms. The van der Waals surface area contributed by atoms with Crippen molar-refractivity contribution in [3.63, 3.8) is 0 Å². The Balaban J connectivity index is 0.00000841. The summed E-state index contributed by atoms with van der Waals surface area (Å²) in [5.41, 5.74) is 0.715. The Labute approximate surface area is 196 Å². The molecule has 8 nitrogen and oxygen atoms in total. The quantitative estimate of drug-likeness (QED) is 0.223. The van der Waals surface area contributed by atoms with Gasteiger partial charge in [0.1, 0.15) is 17.7 Å². The molecule has 0 radical (unpaired) electrons. The van der Waals surface area contributed by atoms with Gasteiger partial charge in [-0.15, -0.1) is 24.0 Å². The molecule has 1 aromatic carbocycles. The van der Waals surface area contributed by atoms with Gasteiger partial charge in [0.2, 0.25) is 0 Å². The Bertz CT molecular complexity index is 707. The van der Waals surface area contributed by atoms with Crippen LogP contribution in [0.15, 0.2) is 29.3 Å². The van der Waals surface area contributed by atoms with Gasteiger partial charge < -0.3 is 20.1 Å². The molecule has 170 valence electrons. The van der Waals surface area contributed by atoms with E-state index in [1.54, 1.807) is 7.05 Å². The van der Waals surface area contributed by atoms with Crippen LogP contribution in [0.3, 0.4) is 0 Å². The molecule has 0 aliphatic rings. The number of anilines is 1. The number of aliphatic imine (C=N–C) groups is 1. The van der Waals surface area contributed by atoms with Crippen LogP contribution in [0.4, 0.5) is 10.5 Å². The smallest absolute Gasteiger partial charge is 0.412 e. The van der Waals surface area contributed by atoms with Crippen LogP contribution < -0.4 is 16.0 Å². The standard InChI is InChI=1S/C21H34N4O4.HI/c1-20(2,3)28-17(26)14-24-18(22-7)23-13-12-15-8-10-16(11-9-15)25-19(27)29-21(4,5)6;/h8-11H,12-14H2,1-7H3,(H,25,27)(H2,22,23,24);1H. The first kappa shape index (κ1) is 28.0. The Morgan fingerprint density at radius 3 is 2.00 bits per heavy atom. The Hall–Kier alpha value is -2.04. The average molecular weight is 534 g/mol. The first-order valence-electron chi connectivity index (χ1n) is 9.63. The van der Waals surface area contributed by atoms with Crippen molar-refractivity contribution in [3.05, 3.63) is 29.8 Å². The number of ether oxygens (including phenoxy) is 2. The fourth-order valence-electron chi connectivity index (χ4n) is 2.26. The van der Waals surface area contributed by atoms with Crippen molar-refractivity contribution in [1.82, 2.24) is 10.6 Å². The number of halogens is 1. The van der Waals surface area contributed by atoms with Gasteiger partial charge in [-0.3, -0.25) is 15.1 Å². The Morgan fingerprint density at radius 2 is 1.50 bits per heavy atom. The van der Waals surface area contributed by atoms with Crippen LogP contribution in [0.25, 0.3) is 0 Å². The fraction of sp³-hybridized carbons (Fsp3) is 0.571. The number of hydrogen-bond donors (Lipinski definition) is 3. The first-order chi connectivity index (χ1) is 13.4. The zero-order chi connectivity index (χ0) is 22.1. The molecular formula is C21H35IN4O4.